The number of benzene rings is 1. The van der Waals surface area contributed by atoms with Crippen LogP contribution in [-0.4, -0.2) is 46.2 Å². The third kappa shape index (κ3) is 3.30. The zero-order chi connectivity index (χ0) is 22.2. The van der Waals surface area contributed by atoms with E-state index in [0.717, 1.165) is 31.2 Å². The van der Waals surface area contributed by atoms with E-state index >= 15 is 8.78 Å². The maximum Gasteiger partial charge on any atom is 0.326 e. The summed E-state index contributed by atoms with van der Waals surface area (Å²) in [6.45, 7) is 0.323. The first-order chi connectivity index (χ1) is 15.3. The van der Waals surface area contributed by atoms with Gasteiger partial charge in [0.25, 0.3) is 5.91 Å². The number of ether oxygens (including phenoxy) is 1. The number of halogens is 2. The van der Waals surface area contributed by atoms with E-state index in [1.165, 1.54) is 11.0 Å². The molecule has 1 amide bonds. The number of carbonyl (C=O) groups excluding carboxylic acids is 1. The van der Waals surface area contributed by atoms with Gasteiger partial charge in [0, 0.05) is 12.6 Å². The molecule has 1 heterocycles. The Balaban J connectivity index is 1.29. The van der Waals surface area contributed by atoms with Crippen LogP contribution < -0.4 is 4.74 Å². The van der Waals surface area contributed by atoms with Crippen LogP contribution in [0.5, 0.6) is 5.75 Å². The van der Waals surface area contributed by atoms with Crippen molar-refractivity contribution in [1.29, 1.82) is 0 Å². The topological polar surface area (TPSA) is 66.8 Å². The fraction of sp³-hybridized carbons (Fsp3) is 0.680. The lowest BCUT2D eigenvalue weighted by Gasteiger charge is -2.56. The molecular formula is C25H29F2NO4. The van der Waals surface area contributed by atoms with Crippen molar-refractivity contribution >= 4 is 11.9 Å². The van der Waals surface area contributed by atoms with Gasteiger partial charge in [-0.25, -0.2) is 13.6 Å². The highest BCUT2D eigenvalue weighted by atomic mass is 19.1. The van der Waals surface area contributed by atoms with E-state index in [0.29, 0.717) is 50.3 Å². The van der Waals surface area contributed by atoms with Crippen LogP contribution in [0.3, 0.4) is 0 Å². The Morgan fingerprint density at radius 1 is 1.09 bits per heavy atom. The number of amides is 1. The van der Waals surface area contributed by atoms with E-state index in [4.69, 9.17) is 4.74 Å². The lowest BCUT2D eigenvalue weighted by atomic mass is 9.53. The predicted octanol–water partition coefficient (Wildman–Crippen LogP) is 4.69. The van der Waals surface area contributed by atoms with E-state index in [9.17, 15) is 14.7 Å². The highest BCUT2D eigenvalue weighted by Crippen LogP contribution is 2.58. The van der Waals surface area contributed by atoms with E-state index in [-0.39, 0.29) is 29.4 Å². The average Bonchev–Trinajstić information content (AvgIpc) is 3.43. The molecule has 172 valence electrons. The Morgan fingerprint density at radius 2 is 1.81 bits per heavy atom. The highest BCUT2D eigenvalue weighted by Gasteiger charge is 2.57. The molecule has 7 rings (SSSR count). The molecule has 4 bridgehead atoms. The number of aliphatic carboxylic acids is 1. The summed E-state index contributed by atoms with van der Waals surface area (Å²) in [5.74, 6) is -0.775. The predicted molar refractivity (Wildman–Crippen MR) is 112 cm³/mol. The number of nitrogens with zero attached hydrogens (tertiary/aromatic N) is 1. The van der Waals surface area contributed by atoms with Gasteiger partial charge in [0.15, 0.2) is 0 Å². The molecule has 0 aromatic heterocycles. The molecule has 1 N–H and O–H groups in total. The van der Waals surface area contributed by atoms with Crippen molar-refractivity contribution in [2.75, 3.05) is 6.54 Å². The van der Waals surface area contributed by atoms with Crippen LogP contribution in [0.15, 0.2) is 12.1 Å². The summed E-state index contributed by atoms with van der Waals surface area (Å²) in [4.78, 5) is 25.8. The zero-order valence-electron chi connectivity index (χ0n) is 18.1. The molecule has 1 saturated heterocycles. The van der Waals surface area contributed by atoms with Crippen LogP contribution >= 0.6 is 0 Å². The first-order valence-electron chi connectivity index (χ1n) is 12.0. The summed E-state index contributed by atoms with van der Waals surface area (Å²) in [5, 5.41) is 9.41. The van der Waals surface area contributed by atoms with Gasteiger partial charge in [-0.2, -0.15) is 0 Å². The number of carboxylic acid groups (broad SMARTS) is 1. The molecular weight excluding hydrogens is 416 g/mol. The molecule has 5 nitrogen and oxygen atoms in total. The molecule has 0 spiro atoms. The molecule has 1 aromatic rings. The van der Waals surface area contributed by atoms with Crippen molar-refractivity contribution in [2.45, 2.75) is 81.5 Å². The standard InChI is InChI=1S/C25H29F2NO4/c26-19-9-21(32-22-15-6-13-7-16(22)12-25(27,10-13)11-15)17(14-3-4-14)8-18(19)23(29)28-5-1-2-20(28)24(30)31/h8-9,13-16,20,22H,1-7,10-12H2,(H,30,31)/t13?,15-,16+,20-,22?,25?/m0/s1. The lowest BCUT2D eigenvalue weighted by Crippen LogP contribution is -2.56. The molecule has 7 heteroatoms. The molecule has 5 saturated carbocycles. The van der Waals surface area contributed by atoms with Gasteiger partial charge in [-0.3, -0.25) is 4.79 Å². The summed E-state index contributed by atoms with van der Waals surface area (Å²) in [6, 6.07) is 2.01. The monoisotopic (exact) mass is 445 g/mol. The second-order valence-electron chi connectivity index (χ2n) is 10.8. The van der Waals surface area contributed by atoms with Gasteiger partial charge in [-0.05, 0) is 93.1 Å². The van der Waals surface area contributed by atoms with Gasteiger partial charge >= 0.3 is 5.97 Å². The summed E-state index contributed by atoms with van der Waals surface area (Å²) in [6.07, 6.45) is 6.54. The normalized spacial score (nSPS) is 37.7. The fourth-order valence-electron chi connectivity index (χ4n) is 7.19. The van der Waals surface area contributed by atoms with Crippen LogP contribution in [0, 0.1) is 23.6 Å². The highest BCUT2D eigenvalue weighted by molar-refractivity contribution is 5.97. The third-order valence-corrected chi connectivity index (χ3v) is 8.52. The molecule has 3 unspecified atom stereocenters. The minimum Gasteiger partial charge on any atom is -0.489 e. The number of likely N-dealkylation sites (tertiary alicyclic amines) is 1. The molecule has 5 aliphatic carbocycles. The van der Waals surface area contributed by atoms with E-state index in [1.807, 2.05) is 0 Å². The number of carboxylic acids is 1. The Bertz CT molecular complexity index is 961. The minimum absolute atomic E-state index is 0.0693. The van der Waals surface area contributed by atoms with Gasteiger partial charge in [0.1, 0.15) is 29.4 Å². The summed E-state index contributed by atoms with van der Waals surface area (Å²) < 4.78 is 36.7. The van der Waals surface area contributed by atoms with Gasteiger partial charge in [-0.1, -0.05) is 0 Å². The van der Waals surface area contributed by atoms with Crippen LogP contribution in [0.2, 0.25) is 0 Å². The fourth-order valence-corrected chi connectivity index (χ4v) is 7.19. The van der Waals surface area contributed by atoms with E-state index in [2.05, 4.69) is 0 Å². The Labute approximate surface area is 186 Å². The molecule has 0 radical (unpaired) electrons. The van der Waals surface area contributed by atoms with Crippen molar-refractivity contribution in [1.82, 2.24) is 4.90 Å². The second-order valence-corrected chi connectivity index (χ2v) is 10.8. The van der Waals surface area contributed by atoms with Gasteiger partial charge in [0.05, 0.1) is 5.56 Å². The zero-order valence-corrected chi connectivity index (χ0v) is 18.1. The van der Waals surface area contributed by atoms with Gasteiger partial charge in [-0.15, -0.1) is 0 Å². The maximum atomic E-state index is 15.2. The van der Waals surface area contributed by atoms with Crippen molar-refractivity contribution in [3.05, 3.63) is 29.1 Å². The molecule has 6 atom stereocenters. The SMILES string of the molecule is O=C(O)[C@@H]1CCCN1C(=O)c1cc(C2CC2)c(OC2[C@@H]3CC4C[C@H]2CC(F)(C4)C3)cc1F. The number of carbonyl (C=O) groups is 2. The molecule has 32 heavy (non-hydrogen) atoms. The Kier molecular flexibility index (Phi) is 4.57. The molecule has 1 aromatic carbocycles. The van der Waals surface area contributed by atoms with Gasteiger partial charge < -0.3 is 14.7 Å². The van der Waals surface area contributed by atoms with Crippen LogP contribution in [0.4, 0.5) is 8.78 Å². The van der Waals surface area contributed by atoms with E-state index < -0.39 is 29.4 Å². The first kappa shape index (κ1) is 20.4. The van der Waals surface area contributed by atoms with Crippen LogP contribution in [0.25, 0.3) is 0 Å². The van der Waals surface area contributed by atoms with Crippen molar-refractivity contribution in [3.63, 3.8) is 0 Å². The van der Waals surface area contributed by atoms with Crippen molar-refractivity contribution in [2.24, 2.45) is 17.8 Å². The Hall–Kier alpha value is -2.18. The van der Waals surface area contributed by atoms with Crippen molar-refractivity contribution in [3.8, 4) is 5.75 Å². The second kappa shape index (κ2) is 7.16. The molecule has 1 aliphatic heterocycles. The average molecular weight is 446 g/mol. The van der Waals surface area contributed by atoms with Crippen molar-refractivity contribution < 1.29 is 28.2 Å². The molecule has 6 fully saturated rings. The quantitative estimate of drug-likeness (QED) is 0.714. The summed E-state index contributed by atoms with van der Waals surface area (Å²) in [5.41, 5.74) is -0.280. The van der Waals surface area contributed by atoms with Gasteiger partial charge in [0.2, 0.25) is 0 Å². The smallest absolute Gasteiger partial charge is 0.326 e. The summed E-state index contributed by atoms with van der Waals surface area (Å²) in [7, 11) is 0. The number of hydrogen-bond donors (Lipinski definition) is 1. The maximum absolute atomic E-state index is 15.2. The number of alkyl halides is 1. The summed E-state index contributed by atoms with van der Waals surface area (Å²) >= 11 is 0. The lowest BCUT2D eigenvalue weighted by molar-refractivity contribution is -0.141. The van der Waals surface area contributed by atoms with Crippen LogP contribution in [-0.2, 0) is 4.79 Å². The Morgan fingerprint density at radius 3 is 2.44 bits per heavy atom. The number of hydrogen-bond acceptors (Lipinski definition) is 3. The largest absolute Gasteiger partial charge is 0.489 e. The van der Waals surface area contributed by atoms with Crippen LogP contribution in [0.1, 0.15) is 79.6 Å². The third-order valence-electron chi connectivity index (χ3n) is 8.52. The number of rotatable bonds is 5. The minimum atomic E-state index is -1.05. The first-order valence-corrected chi connectivity index (χ1v) is 12.0. The van der Waals surface area contributed by atoms with E-state index in [1.54, 1.807) is 6.07 Å². The molecule has 6 aliphatic rings.